The van der Waals surface area contributed by atoms with Crippen LogP contribution in [0.4, 0.5) is 0 Å². The lowest BCUT2D eigenvalue weighted by Crippen LogP contribution is -2.08. The number of esters is 1. The van der Waals surface area contributed by atoms with E-state index < -0.39 is 0 Å². The van der Waals surface area contributed by atoms with Crippen LogP contribution in [0.25, 0.3) is 0 Å². The van der Waals surface area contributed by atoms with Crippen molar-refractivity contribution in [1.82, 2.24) is 4.98 Å². The van der Waals surface area contributed by atoms with E-state index in [1.54, 1.807) is 13.1 Å². The van der Waals surface area contributed by atoms with Gasteiger partial charge in [0.2, 0.25) is 0 Å². The molecule has 0 amide bonds. The van der Waals surface area contributed by atoms with E-state index in [2.05, 4.69) is 25.8 Å². The van der Waals surface area contributed by atoms with Crippen molar-refractivity contribution < 1.29 is 9.53 Å². The van der Waals surface area contributed by atoms with Crippen molar-refractivity contribution in [3.8, 4) is 0 Å². The first kappa shape index (κ1) is 12.2. The summed E-state index contributed by atoms with van der Waals surface area (Å²) >= 11 is 1.42. The highest BCUT2D eigenvalue weighted by atomic mass is 32.1. The fourth-order valence-electron chi connectivity index (χ4n) is 1.14. The Balaban J connectivity index is 2.68. The van der Waals surface area contributed by atoms with Crippen LogP contribution in [0.2, 0.25) is 0 Å². The average Bonchev–Trinajstić information content (AvgIpc) is 2.50. The summed E-state index contributed by atoms with van der Waals surface area (Å²) in [5, 5.41) is 0.991. The zero-order valence-corrected chi connectivity index (χ0v) is 10.5. The van der Waals surface area contributed by atoms with Gasteiger partial charge in [-0.15, -0.1) is 11.3 Å². The molecule has 0 spiro atoms. The Morgan fingerprint density at radius 3 is 2.73 bits per heavy atom. The third-order valence-corrected chi connectivity index (χ3v) is 2.69. The summed E-state index contributed by atoms with van der Waals surface area (Å²) in [5.74, 6) is -0.268. The predicted molar refractivity (Wildman–Crippen MR) is 61.2 cm³/mol. The second-order valence-electron chi connectivity index (χ2n) is 4.58. The topological polar surface area (TPSA) is 39.2 Å². The maximum atomic E-state index is 11.4. The third kappa shape index (κ3) is 4.00. The molecule has 3 nitrogen and oxygen atoms in total. The Labute approximate surface area is 94.5 Å². The monoisotopic (exact) mass is 227 g/mol. The molecule has 4 heteroatoms. The van der Waals surface area contributed by atoms with E-state index in [-0.39, 0.29) is 11.4 Å². The number of carbonyl (C=O) groups is 1. The van der Waals surface area contributed by atoms with Crippen LogP contribution in [0.1, 0.15) is 42.4 Å². The molecule has 0 saturated heterocycles. The van der Waals surface area contributed by atoms with Gasteiger partial charge in [-0.25, -0.2) is 9.78 Å². The normalized spacial score (nSPS) is 11.5. The maximum Gasteiger partial charge on any atom is 0.349 e. The molecular weight excluding hydrogens is 210 g/mol. The van der Waals surface area contributed by atoms with Crippen LogP contribution in [0.3, 0.4) is 0 Å². The van der Waals surface area contributed by atoms with Crippen molar-refractivity contribution >= 4 is 17.3 Å². The molecule has 0 N–H and O–H groups in total. The van der Waals surface area contributed by atoms with Crippen molar-refractivity contribution in [3.63, 3.8) is 0 Å². The Kier molecular flexibility index (Phi) is 3.85. The molecule has 0 radical (unpaired) electrons. The van der Waals surface area contributed by atoms with Gasteiger partial charge in [0.25, 0.3) is 0 Å². The first-order valence-electron chi connectivity index (χ1n) is 5.04. The minimum Gasteiger partial charge on any atom is -0.462 e. The molecule has 0 atom stereocenters. The molecule has 0 saturated carbocycles. The van der Waals surface area contributed by atoms with Gasteiger partial charge in [-0.3, -0.25) is 0 Å². The van der Waals surface area contributed by atoms with Crippen molar-refractivity contribution in [2.75, 3.05) is 6.61 Å². The smallest absolute Gasteiger partial charge is 0.349 e. The van der Waals surface area contributed by atoms with Crippen molar-refractivity contribution in [2.24, 2.45) is 5.41 Å². The molecule has 0 bridgehead atoms. The number of ether oxygens (including phenoxy) is 1. The fraction of sp³-hybridized carbons (Fsp3) is 0.636. The third-order valence-electron chi connectivity index (χ3n) is 1.71. The highest BCUT2D eigenvalue weighted by Crippen LogP contribution is 2.24. The van der Waals surface area contributed by atoms with E-state index in [1.807, 2.05) is 0 Å². The van der Waals surface area contributed by atoms with Crippen LogP contribution in [-0.4, -0.2) is 17.6 Å². The maximum absolute atomic E-state index is 11.4. The Morgan fingerprint density at radius 1 is 1.53 bits per heavy atom. The number of thiazole rings is 1. The number of hydrogen-bond acceptors (Lipinski definition) is 4. The van der Waals surface area contributed by atoms with Crippen molar-refractivity contribution in [1.29, 1.82) is 0 Å². The van der Waals surface area contributed by atoms with Crippen LogP contribution in [0.5, 0.6) is 0 Å². The average molecular weight is 227 g/mol. The standard InChI is InChI=1S/C11H17NO2S/c1-5-14-10(13)8-7-12-9(15-8)6-11(2,3)4/h7H,5-6H2,1-4H3. The molecule has 1 aromatic heterocycles. The first-order chi connectivity index (χ1) is 6.92. The Bertz CT molecular complexity index is 339. The quantitative estimate of drug-likeness (QED) is 0.745. The molecule has 0 unspecified atom stereocenters. The summed E-state index contributed by atoms with van der Waals surface area (Å²) in [4.78, 5) is 16.2. The van der Waals surface area contributed by atoms with Crippen LogP contribution >= 0.6 is 11.3 Å². The van der Waals surface area contributed by atoms with Gasteiger partial charge in [0, 0.05) is 6.42 Å². The largest absolute Gasteiger partial charge is 0.462 e. The highest BCUT2D eigenvalue weighted by molar-refractivity contribution is 7.13. The minimum absolute atomic E-state index is 0.198. The number of rotatable bonds is 3. The molecule has 15 heavy (non-hydrogen) atoms. The molecule has 0 aromatic carbocycles. The molecule has 0 aliphatic carbocycles. The summed E-state index contributed by atoms with van der Waals surface area (Å²) in [6.45, 7) is 8.66. The fourth-order valence-corrected chi connectivity index (χ4v) is 2.25. The van der Waals surface area contributed by atoms with Crippen molar-refractivity contribution in [3.05, 3.63) is 16.1 Å². The number of aromatic nitrogens is 1. The van der Waals surface area contributed by atoms with Gasteiger partial charge >= 0.3 is 5.97 Å². The molecule has 84 valence electrons. The second kappa shape index (κ2) is 4.75. The van der Waals surface area contributed by atoms with E-state index in [4.69, 9.17) is 4.74 Å². The Hall–Kier alpha value is -0.900. The van der Waals surface area contributed by atoms with E-state index in [1.165, 1.54) is 11.3 Å². The van der Waals surface area contributed by atoms with E-state index in [9.17, 15) is 4.79 Å². The molecule has 1 rings (SSSR count). The lowest BCUT2D eigenvalue weighted by molar-refractivity contribution is 0.0532. The van der Waals surface area contributed by atoms with Crippen LogP contribution in [0, 0.1) is 5.41 Å². The molecule has 0 aliphatic rings. The Morgan fingerprint density at radius 2 is 2.20 bits per heavy atom. The molecule has 1 aromatic rings. The number of carbonyl (C=O) groups excluding carboxylic acids is 1. The lowest BCUT2D eigenvalue weighted by atomic mass is 9.93. The molecular formula is C11H17NO2S. The van der Waals surface area contributed by atoms with Gasteiger partial charge in [-0.05, 0) is 12.3 Å². The summed E-state index contributed by atoms with van der Waals surface area (Å²) in [5.41, 5.74) is 0.198. The molecule has 0 aliphatic heterocycles. The highest BCUT2D eigenvalue weighted by Gasteiger charge is 2.16. The summed E-state index contributed by atoms with van der Waals surface area (Å²) in [6.07, 6.45) is 2.49. The first-order valence-corrected chi connectivity index (χ1v) is 5.86. The van der Waals surface area contributed by atoms with Gasteiger partial charge in [-0.2, -0.15) is 0 Å². The zero-order valence-electron chi connectivity index (χ0n) is 9.66. The summed E-state index contributed by atoms with van der Waals surface area (Å²) < 4.78 is 4.90. The summed E-state index contributed by atoms with van der Waals surface area (Å²) in [7, 11) is 0. The predicted octanol–water partition coefficient (Wildman–Crippen LogP) is 2.91. The van der Waals surface area contributed by atoms with Crippen LogP contribution in [-0.2, 0) is 11.2 Å². The van der Waals surface area contributed by atoms with Gasteiger partial charge in [-0.1, -0.05) is 20.8 Å². The SMILES string of the molecule is CCOC(=O)c1cnc(CC(C)(C)C)s1. The van der Waals surface area contributed by atoms with E-state index in [0.717, 1.165) is 11.4 Å². The van der Waals surface area contributed by atoms with Gasteiger partial charge in [0.05, 0.1) is 17.8 Å². The molecule has 1 heterocycles. The second-order valence-corrected chi connectivity index (χ2v) is 5.69. The van der Waals surface area contributed by atoms with Crippen LogP contribution < -0.4 is 0 Å². The zero-order chi connectivity index (χ0) is 11.5. The number of hydrogen-bond donors (Lipinski definition) is 0. The lowest BCUT2D eigenvalue weighted by Gasteiger charge is -2.15. The van der Waals surface area contributed by atoms with Gasteiger partial charge in [0.1, 0.15) is 4.88 Å². The number of nitrogens with zero attached hydrogens (tertiary/aromatic N) is 1. The van der Waals surface area contributed by atoms with Crippen LogP contribution in [0.15, 0.2) is 6.20 Å². The van der Waals surface area contributed by atoms with E-state index >= 15 is 0 Å². The van der Waals surface area contributed by atoms with Gasteiger partial charge < -0.3 is 4.74 Å². The van der Waals surface area contributed by atoms with Crippen molar-refractivity contribution in [2.45, 2.75) is 34.1 Å². The molecule has 0 fully saturated rings. The minimum atomic E-state index is -0.268. The van der Waals surface area contributed by atoms with Gasteiger partial charge in [0.15, 0.2) is 0 Å². The van der Waals surface area contributed by atoms with E-state index in [0.29, 0.717) is 11.5 Å². The summed E-state index contributed by atoms with van der Waals surface area (Å²) in [6, 6.07) is 0.